The Labute approximate surface area is 98.8 Å². The van der Waals surface area contributed by atoms with Gasteiger partial charge in [-0.05, 0) is 31.7 Å². The lowest BCUT2D eigenvalue weighted by molar-refractivity contribution is -0.385. The summed E-state index contributed by atoms with van der Waals surface area (Å²) in [7, 11) is 0. The summed E-state index contributed by atoms with van der Waals surface area (Å²) in [5, 5.41) is 10.8. The predicted molar refractivity (Wildman–Crippen MR) is 61.7 cm³/mol. The van der Waals surface area contributed by atoms with Gasteiger partial charge >= 0.3 is 0 Å². The van der Waals surface area contributed by atoms with Crippen LogP contribution in [0.15, 0.2) is 12.1 Å². The van der Waals surface area contributed by atoms with Crippen LogP contribution in [0, 0.1) is 23.0 Å². The third kappa shape index (κ3) is 2.50. The third-order valence-electron chi connectivity index (χ3n) is 2.81. The third-order valence-corrected chi connectivity index (χ3v) is 3.32. The van der Waals surface area contributed by atoms with Gasteiger partial charge in [-0.2, -0.15) is 0 Å². The fraction of sp³-hybridized carbons (Fsp3) is 0.545. The highest BCUT2D eigenvalue weighted by Gasteiger charge is 2.31. The van der Waals surface area contributed by atoms with E-state index in [1.54, 1.807) is 6.07 Å². The van der Waals surface area contributed by atoms with E-state index >= 15 is 0 Å². The fourth-order valence-corrected chi connectivity index (χ4v) is 2.13. The molecule has 1 aliphatic rings. The van der Waals surface area contributed by atoms with Crippen LogP contribution >= 0.6 is 11.6 Å². The van der Waals surface area contributed by atoms with Gasteiger partial charge < -0.3 is 0 Å². The molecule has 5 heteroatoms. The number of halogens is 1. The van der Waals surface area contributed by atoms with E-state index in [0.717, 1.165) is 18.5 Å². The average Bonchev–Trinajstić information content (AvgIpc) is 2.99. The van der Waals surface area contributed by atoms with E-state index in [-0.39, 0.29) is 11.1 Å². The second-order valence-corrected chi connectivity index (χ2v) is 4.79. The van der Waals surface area contributed by atoms with E-state index in [1.807, 2.05) is 6.92 Å². The molecule has 0 N–H and O–H groups in total. The van der Waals surface area contributed by atoms with Crippen LogP contribution in [0.2, 0.25) is 0 Å². The van der Waals surface area contributed by atoms with Gasteiger partial charge in [0.15, 0.2) is 0 Å². The minimum Gasteiger partial charge on any atom is -0.258 e. The molecule has 2 rings (SSSR count). The summed E-state index contributed by atoms with van der Waals surface area (Å²) >= 11 is 6.18. The van der Waals surface area contributed by atoms with Gasteiger partial charge in [0.25, 0.3) is 5.69 Å². The zero-order valence-electron chi connectivity index (χ0n) is 9.02. The van der Waals surface area contributed by atoms with Crippen LogP contribution in [0.1, 0.15) is 24.2 Å². The Morgan fingerprint density at radius 3 is 2.88 bits per heavy atom. The van der Waals surface area contributed by atoms with Crippen molar-refractivity contribution in [2.24, 2.45) is 5.92 Å². The van der Waals surface area contributed by atoms with Gasteiger partial charge in [0.1, 0.15) is 5.69 Å². The van der Waals surface area contributed by atoms with E-state index in [1.165, 1.54) is 6.07 Å². The minimum atomic E-state index is -0.391. The van der Waals surface area contributed by atoms with Crippen molar-refractivity contribution in [1.29, 1.82) is 0 Å². The van der Waals surface area contributed by atoms with Gasteiger partial charge in [0, 0.05) is 23.6 Å². The van der Waals surface area contributed by atoms with E-state index in [4.69, 9.17) is 11.6 Å². The zero-order chi connectivity index (χ0) is 11.7. The summed E-state index contributed by atoms with van der Waals surface area (Å²) in [5.41, 5.74) is 1.38. The Balaban J connectivity index is 2.22. The van der Waals surface area contributed by atoms with Gasteiger partial charge in [-0.3, -0.25) is 15.1 Å². The number of rotatable bonds is 4. The van der Waals surface area contributed by atoms with Gasteiger partial charge in [-0.1, -0.05) is 0 Å². The Morgan fingerprint density at radius 1 is 1.62 bits per heavy atom. The highest BCUT2D eigenvalue weighted by atomic mass is 35.5. The van der Waals surface area contributed by atoms with Crippen LogP contribution in [0.4, 0.5) is 5.69 Å². The molecule has 0 aliphatic heterocycles. The SMILES string of the molecule is Cc1ccc([N+](=O)[O-])c(CC(Cl)C2CC2)n1. The molecule has 0 spiro atoms. The van der Waals surface area contributed by atoms with Crippen LogP contribution < -0.4 is 0 Å². The molecule has 4 nitrogen and oxygen atoms in total. The number of hydrogen-bond donors (Lipinski definition) is 0. The molecule has 1 aliphatic carbocycles. The Kier molecular flexibility index (Phi) is 3.10. The van der Waals surface area contributed by atoms with Crippen molar-refractivity contribution in [1.82, 2.24) is 4.98 Å². The Bertz CT molecular complexity index is 418. The first kappa shape index (κ1) is 11.3. The normalized spacial score (nSPS) is 17.1. The smallest absolute Gasteiger partial charge is 0.258 e. The number of aryl methyl sites for hydroxylation is 1. The maximum Gasteiger partial charge on any atom is 0.290 e. The number of pyridine rings is 1. The number of alkyl halides is 1. The molecule has 1 aromatic rings. The van der Waals surface area contributed by atoms with Crippen molar-refractivity contribution < 1.29 is 4.92 Å². The molecule has 16 heavy (non-hydrogen) atoms. The molecule has 86 valence electrons. The number of nitro groups is 1. The van der Waals surface area contributed by atoms with Crippen LogP contribution in [0.3, 0.4) is 0 Å². The van der Waals surface area contributed by atoms with Gasteiger partial charge in [-0.15, -0.1) is 11.6 Å². The molecule has 1 unspecified atom stereocenters. The van der Waals surface area contributed by atoms with Crippen molar-refractivity contribution in [3.8, 4) is 0 Å². The lowest BCUT2D eigenvalue weighted by Crippen LogP contribution is -2.10. The topological polar surface area (TPSA) is 56.0 Å². The molecule has 1 atom stereocenters. The van der Waals surface area contributed by atoms with Gasteiger partial charge in [0.2, 0.25) is 0 Å². The maximum absolute atomic E-state index is 10.8. The van der Waals surface area contributed by atoms with Crippen molar-refractivity contribution in [2.45, 2.75) is 31.6 Å². The largest absolute Gasteiger partial charge is 0.290 e. The quantitative estimate of drug-likeness (QED) is 0.462. The molecular weight excluding hydrogens is 228 g/mol. The molecule has 1 heterocycles. The first-order valence-electron chi connectivity index (χ1n) is 5.33. The second kappa shape index (κ2) is 4.37. The number of nitrogens with zero attached hydrogens (tertiary/aromatic N) is 2. The van der Waals surface area contributed by atoms with E-state index in [9.17, 15) is 10.1 Å². The molecule has 1 saturated carbocycles. The van der Waals surface area contributed by atoms with Crippen molar-refractivity contribution in [3.63, 3.8) is 0 Å². The van der Waals surface area contributed by atoms with Crippen LogP contribution in [0.5, 0.6) is 0 Å². The molecule has 0 bridgehead atoms. The fourth-order valence-electron chi connectivity index (χ4n) is 1.73. The standard InChI is InChI=1S/C11H13ClN2O2/c1-7-2-5-11(14(15)16)10(13-7)6-9(12)8-3-4-8/h2,5,8-9H,3-4,6H2,1H3. The maximum atomic E-state index is 10.8. The second-order valence-electron chi connectivity index (χ2n) is 4.23. The Hall–Kier alpha value is -1.16. The minimum absolute atomic E-state index is 0.0204. The zero-order valence-corrected chi connectivity index (χ0v) is 9.78. The first-order valence-corrected chi connectivity index (χ1v) is 5.76. The van der Waals surface area contributed by atoms with E-state index in [0.29, 0.717) is 18.0 Å². The average molecular weight is 241 g/mol. The van der Waals surface area contributed by atoms with Crippen LogP contribution in [0.25, 0.3) is 0 Å². The van der Waals surface area contributed by atoms with Crippen LogP contribution in [-0.4, -0.2) is 15.3 Å². The molecule has 1 aromatic heterocycles. The molecule has 0 aromatic carbocycles. The summed E-state index contributed by atoms with van der Waals surface area (Å²) in [6, 6.07) is 3.16. The van der Waals surface area contributed by atoms with Gasteiger partial charge in [0.05, 0.1) is 4.92 Å². The molecular formula is C11H13ClN2O2. The van der Waals surface area contributed by atoms with Crippen molar-refractivity contribution in [2.75, 3.05) is 0 Å². The van der Waals surface area contributed by atoms with Gasteiger partial charge in [-0.25, -0.2) is 0 Å². The summed E-state index contributed by atoms with van der Waals surface area (Å²) in [5.74, 6) is 0.517. The van der Waals surface area contributed by atoms with E-state index in [2.05, 4.69) is 4.98 Å². The lowest BCUT2D eigenvalue weighted by Gasteiger charge is -2.08. The monoisotopic (exact) mass is 240 g/mol. The number of aromatic nitrogens is 1. The molecule has 0 radical (unpaired) electrons. The highest BCUT2D eigenvalue weighted by molar-refractivity contribution is 6.21. The molecule has 0 saturated heterocycles. The van der Waals surface area contributed by atoms with Crippen LogP contribution in [-0.2, 0) is 6.42 Å². The van der Waals surface area contributed by atoms with Crippen molar-refractivity contribution >= 4 is 17.3 Å². The summed E-state index contributed by atoms with van der Waals surface area (Å²) in [4.78, 5) is 14.7. The lowest BCUT2D eigenvalue weighted by atomic mass is 10.1. The van der Waals surface area contributed by atoms with E-state index < -0.39 is 4.92 Å². The Morgan fingerprint density at radius 2 is 2.31 bits per heavy atom. The first-order chi connectivity index (χ1) is 7.58. The summed E-state index contributed by atoms with van der Waals surface area (Å²) < 4.78 is 0. The summed E-state index contributed by atoms with van der Waals surface area (Å²) in [6.07, 6.45) is 2.76. The number of hydrogen-bond acceptors (Lipinski definition) is 3. The summed E-state index contributed by atoms with van der Waals surface area (Å²) in [6.45, 7) is 1.83. The van der Waals surface area contributed by atoms with Crippen molar-refractivity contribution in [3.05, 3.63) is 33.6 Å². The highest BCUT2D eigenvalue weighted by Crippen LogP contribution is 2.37. The predicted octanol–water partition coefficient (Wildman–Crippen LogP) is 2.86. The molecule has 0 amide bonds. The molecule has 1 fully saturated rings.